The maximum Gasteiger partial charge on any atom is 0.225 e. The molecule has 2 N–H and O–H groups in total. The fourth-order valence-corrected chi connectivity index (χ4v) is 1.65. The standard InChI is InChI=1S/C10H20N2O2.ClH/c1-8(7-14-2)10(13)12-6-9-4-3-5-11-9;/h8-9,11H,3-7H2,1-2H3,(H,12,13);1H. The molecule has 1 saturated heterocycles. The number of halogens is 1. The summed E-state index contributed by atoms with van der Waals surface area (Å²) in [6.45, 7) is 4.19. The molecule has 4 nitrogen and oxygen atoms in total. The summed E-state index contributed by atoms with van der Waals surface area (Å²) < 4.78 is 4.92. The minimum absolute atomic E-state index is 0. The molecule has 0 aliphatic carbocycles. The van der Waals surface area contributed by atoms with E-state index in [1.807, 2.05) is 6.92 Å². The van der Waals surface area contributed by atoms with E-state index in [0.29, 0.717) is 12.6 Å². The van der Waals surface area contributed by atoms with E-state index in [4.69, 9.17) is 4.74 Å². The van der Waals surface area contributed by atoms with Gasteiger partial charge in [-0.3, -0.25) is 4.79 Å². The Labute approximate surface area is 97.5 Å². The second-order valence-electron chi connectivity index (χ2n) is 3.89. The normalized spacial score (nSPS) is 21.9. The van der Waals surface area contributed by atoms with Gasteiger partial charge in [0.05, 0.1) is 12.5 Å². The molecule has 90 valence electrons. The quantitative estimate of drug-likeness (QED) is 0.734. The van der Waals surface area contributed by atoms with E-state index in [1.54, 1.807) is 7.11 Å². The minimum Gasteiger partial charge on any atom is -0.384 e. The zero-order valence-electron chi connectivity index (χ0n) is 9.41. The van der Waals surface area contributed by atoms with E-state index in [1.165, 1.54) is 12.8 Å². The summed E-state index contributed by atoms with van der Waals surface area (Å²) in [5, 5.41) is 6.26. The number of ether oxygens (including phenoxy) is 1. The van der Waals surface area contributed by atoms with Crippen molar-refractivity contribution in [3.8, 4) is 0 Å². The SMILES string of the molecule is COCC(C)C(=O)NCC1CCCN1.Cl. The summed E-state index contributed by atoms with van der Waals surface area (Å²) in [5.41, 5.74) is 0. The highest BCUT2D eigenvalue weighted by Crippen LogP contribution is 2.03. The van der Waals surface area contributed by atoms with Crippen molar-refractivity contribution < 1.29 is 9.53 Å². The van der Waals surface area contributed by atoms with Gasteiger partial charge in [-0.1, -0.05) is 6.92 Å². The van der Waals surface area contributed by atoms with E-state index < -0.39 is 0 Å². The minimum atomic E-state index is -0.0543. The molecule has 1 rings (SSSR count). The van der Waals surface area contributed by atoms with Gasteiger partial charge in [-0.25, -0.2) is 0 Å². The lowest BCUT2D eigenvalue weighted by atomic mass is 10.1. The van der Waals surface area contributed by atoms with Crippen LogP contribution in [0.1, 0.15) is 19.8 Å². The molecule has 15 heavy (non-hydrogen) atoms. The Balaban J connectivity index is 0.00000196. The van der Waals surface area contributed by atoms with Gasteiger partial charge in [0.1, 0.15) is 0 Å². The molecule has 2 unspecified atom stereocenters. The molecule has 1 aliphatic rings. The summed E-state index contributed by atoms with van der Waals surface area (Å²) >= 11 is 0. The van der Waals surface area contributed by atoms with Gasteiger partial charge in [-0.15, -0.1) is 12.4 Å². The third kappa shape index (κ3) is 5.35. The van der Waals surface area contributed by atoms with Crippen LogP contribution in [0.3, 0.4) is 0 Å². The highest BCUT2D eigenvalue weighted by atomic mass is 35.5. The molecule has 0 spiro atoms. The van der Waals surface area contributed by atoms with Gasteiger partial charge in [0, 0.05) is 19.7 Å². The molecule has 0 bridgehead atoms. The number of hydrogen-bond donors (Lipinski definition) is 2. The lowest BCUT2D eigenvalue weighted by molar-refractivity contribution is -0.126. The number of rotatable bonds is 5. The number of nitrogens with one attached hydrogen (secondary N) is 2. The largest absolute Gasteiger partial charge is 0.384 e. The predicted molar refractivity (Wildman–Crippen MR) is 62.3 cm³/mol. The van der Waals surface area contributed by atoms with Gasteiger partial charge in [0.15, 0.2) is 0 Å². The van der Waals surface area contributed by atoms with Crippen molar-refractivity contribution in [2.75, 3.05) is 26.8 Å². The summed E-state index contributed by atoms with van der Waals surface area (Å²) in [4.78, 5) is 11.5. The van der Waals surface area contributed by atoms with Crippen LogP contribution in [0.5, 0.6) is 0 Å². The Morgan fingerprint density at radius 2 is 2.40 bits per heavy atom. The first-order valence-corrected chi connectivity index (χ1v) is 5.24. The van der Waals surface area contributed by atoms with Crippen molar-refractivity contribution in [1.29, 1.82) is 0 Å². The lowest BCUT2D eigenvalue weighted by Crippen LogP contribution is -2.40. The second kappa shape index (κ2) is 7.91. The molecule has 1 amide bonds. The second-order valence-corrected chi connectivity index (χ2v) is 3.89. The number of methoxy groups -OCH3 is 1. The van der Waals surface area contributed by atoms with Crippen LogP contribution in [-0.2, 0) is 9.53 Å². The first-order chi connectivity index (χ1) is 6.74. The molecule has 1 fully saturated rings. The van der Waals surface area contributed by atoms with Crippen molar-refractivity contribution >= 4 is 18.3 Å². The Hall–Kier alpha value is -0.320. The highest BCUT2D eigenvalue weighted by molar-refractivity contribution is 5.85. The van der Waals surface area contributed by atoms with Crippen LogP contribution in [0.15, 0.2) is 0 Å². The van der Waals surface area contributed by atoms with Crippen LogP contribution in [0, 0.1) is 5.92 Å². The number of carbonyl (C=O) groups is 1. The Morgan fingerprint density at radius 3 is 2.93 bits per heavy atom. The number of hydrogen-bond acceptors (Lipinski definition) is 3. The fourth-order valence-electron chi connectivity index (χ4n) is 1.65. The summed E-state index contributed by atoms with van der Waals surface area (Å²) in [5.74, 6) is 0.0296. The Morgan fingerprint density at radius 1 is 1.67 bits per heavy atom. The zero-order chi connectivity index (χ0) is 10.4. The average Bonchev–Trinajstić information content (AvgIpc) is 2.67. The van der Waals surface area contributed by atoms with E-state index in [0.717, 1.165) is 13.1 Å². The summed E-state index contributed by atoms with van der Waals surface area (Å²) in [7, 11) is 1.61. The molecular formula is C10H21ClN2O2. The topological polar surface area (TPSA) is 50.4 Å². The maximum absolute atomic E-state index is 11.5. The molecule has 1 heterocycles. The van der Waals surface area contributed by atoms with Gasteiger partial charge in [-0.2, -0.15) is 0 Å². The lowest BCUT2D eigenvalue weighted by Gasteiger charge is -2.14. The van der Waals surface area contributed by atoms with E-state index in [2.05, 4.69) is 10.6 Å². The van der Waals surface area contributed by atoms with Crippen LogP contribution in [-0.4, -0.2) is 38.8 Å². The van der Waals surface area contributed by atoms with Crippen molar-refractivity contribution in [3.05, 3.63) is 0 Å². The first kappa shape index (κ1) is 14.7. The van der Waals surface area contributed by atoms with E-state index >= 15 is 0 Å². The first-order valence-electron chi connectivity index (χ1n) is 5.24. The van der Waals surface area contributed by atoms with Gasteiger partial charge in [0.2, 0.25) is 5.91 Å². The van der Waals surface area contributed by atoms with Crippen LogP contribution in [0.25, 0.3) is 0 Å². The molecule has 2 atom stereocenters. The maximum atomic E-state index is 11.5. The Bertz CT molecular complexity index is 184. The van der Waals surface area contributed by atoms with Gasteiger partial charge in [-0.05, 0) is 19.4 Å². The smallest absolute Gasteiger partial charge is 0.225 e. The Kier molecular flexibility index (Phi) is 7.74. The number of carbonyl (C=O) groups excluding carboxylic acids is 1. The van der Waals surface area contributed by atoms with Crippen LogP contribution in [0.2, 0.25) is 0 Å². The van der Waals surface area contributed by atoms with Crippen molar-refractivity contribution in [3.63, 3.8) is 0 Å². The van der Waals surface area contributed by atoms with Crippen molar-refractivity contribution in [2.45, 2.75) is 25.8 Å². The van der Waals surface area contributed by atoms with Crippen molar-refractivity contribution in [2.24, 2.45) is 5.92 Å². The van der Waals surface area contributed by atoms with Crippen LogP contribution in [0.4, 0.5) is 0 Å². The molecule has 0 saturated carbocycles. The van der Waals surface area contributed by atoms with Crippen LogP contribution >= 0.6 is 12.4 Å². The van der Waals surface area contributed by atoms with Gasteiger partial charge >= 0.3 is 0 Å². The monoisotopic (exact) mass is 236 g/mol. The van der Waals surface area contributed by atoms with E-state index in [-0.39, 0.29) is 24.2 Å². The van der Waals surface area contributed by atoms with Crippen molar-refractivity contribution in [1.82, 2.24) is 10.6 Å². The molecular weight excluding hydrogens is 216 g/mol. The van der Waals surface area contributed by atoms with Gasteiger partial charge in [0.25, 0.3) is 0 Å². The third-order valence-corrected chi connectivity index (χ3v) is 2.55. The fraction of sp³-hybridized carbons (Fsp3) is 0.900. The average molecular weight is 237 g/mol. The highest BCUT2D eigenvalue weighted by Gasteiger charge is 2.17. The molecule has 1 aliphatic heterocycles. The molecule has 0 aromatic carbocycles. The van der Waals surface area contributed by atoms with Gasteiger partial charge < -0.3 is 15.4 Å². The molecule has 0 aromatic rings. The molecule has 0 radical (unpaired) electrons. The van der Waals surface area contributed by atoms with E-state index in [9.17, 15) is 4.79 Å². The molecule has 5 heteroatoms. The molecule has 0 aromatic heterocycles. The van der Waals surface area contributed by atoms with Crippen LogP contribution < -0.4 is 10.6 Å². The summed E-state index contributed by atoms with van der Waals surface area (Å²) in [6.07, 6.45) is 2.38. The number of amides is 1. The zero-order valence-corrected chi connectivity index (χ0v) is 10.2. The predicted octanol–water partition coefficient (Wildman–Crippen LogP) is 0.559. The third-order valence-electron chi connectivity index (χ3n) is 2.55. The summed E-state index contributed by atoms with van der Waals surface area (Å²) in [6, 6.07) is 0.466.